The molecule has 2 aliphatic heterocycles. The van der Waals surface area contributed by atoms with Crippen LogP contribution in [0.25, 0.3) is 10.9 Å². The number of aromatic nitrogens is 1. The summed E-state index contributed by atoms with van der Waals surface area (Å²) in [5, 5.41) is 9.60. The lowest BCUT2D eigenvalue weighted by molar-refractivity contribution is 0.0518. The Hall–Kier alpha value is -2.14. The lowest BCUT2D eigenvalue weighted by Crippen LogP contribution is -2.47. The second-order valence-corrected chi connectivity index (χ2v) is 9.11. The molecule has 0 aliphatic carbocycles. The number of hydrogen-bond acceptors (Lipinski definition) is 8. The maximum absolute atomic E-state index is 15.1. The number of nitrogens with zero attached hydrogens (tertiary/aromatic N) is 3. The number of hydrogen-bond donors (Lipinski definition) is 1. The normalized spacial score (nSPS) is 18.5. The fraction of sp³-hybridized carbons (Fsp3) is 0.545. The average Bonchev–Trinajstić information content (AvgIpc) is 2.77. The number of pyridine rings is 1. The molecular weight excluding hydrogens is 437 g/mol. The third kappa shape index (κ3) is 4.24. The molecule has 8 nitrogen and oxygen atoms in total. The van der Waals surface area contributed by atoms with Gasteiger partial charge in [0.25, 0.3) is 0 Å². The van der Waals surface area contributed by atoms with E-state index in [1.165, 1.54) is 17.8 Å². The number of benzene rings is 1. The van der Waals surface area contributed by atoms with Crippen LogP contribution in [-0.2, 0) is 9.47 Å². The minimum Gasteiger partial charge on any atom is -0.462 e. The fourth-order valence-electron chi connectivity index (χ4n) is 4.23. The number of anilines is 1. The standard InChI is InChI=1S/C22H28FN3O5S/c1-3-31-22(29)19-20(28)15-12-16(23)18(13-17(15)26-14(2)32-21(19)26)25-6-4-24(5-7-25)8-10-30-11-9-27/h12-14,27H,3-11H2,1-2H3. The maximum Gasteiger partial charge on any atom is 0.344 e. The molecule has 2 aromatic rings. The molecule has 0 amide bonds. The van der Waals surface area contributed by atoms with Crippen LogP contribution < -0.4 is 10.3 Å². The molecule has 174 valence electrons. The highest BCUT2D eigenvalue weighted by Crippen LogP contribution is 2.46. The predicted molar refractivity (Wildman–Crippen MR) is 121 cm³/mol. The molecule has 32 heavy (non-hydrogen) atoms. The lowest BCUT2D eigenvalue weighted by atomic mass is 10.1. The first-order valence-electron chi connectivity index (χ1n) is 10.9. The van der Waals surface area contributed by atoms with Crippen LogP contribution in [0.5, 0.6) is 0 Å². The summed E-state index contributed by atoms with van der Waals surface area (Å²) in [6.45, 7) is 8.36. The second-order valence-electron chi connectivity index (χ2n) is 7.80. The van der Waals surface area contributed by atoms with Crippen LogP contribution in [0.3, 0.4) is 0 Å². The number of fused-ring (bicyclic) bond motifs is 3. The summed E-state index contributed by atoms with van der Waals surface area (Å²) in [5.41, 5.74) is 0.616. The summed E-state index contributed by atoms with van der Waals surface area (Å²) in [6.07, 6.45) is 0. The van der Waals surface area contributed by atoms with E-state index in [0.717, 1.165) is 19.6 Å². The number of thioether (sulfide) groups is 1. The zero-order chi connectivity index (χ0) is 22.8. The molecule has 4 rings (SSSR count). The van der Waals surface area contributed by atoms with Crippen molar-refractivity contribution in [1.82, 2.24) is 9.47 Å². The van der Waals surface area contributed by atoms with Crippen LogP contribution in [-0.4, -0.2) is 79.7 Å². The van der Waals surface area contributed by atoms with Gasteiger partial charge in [-0.05, 0) is 26.0 Å². The molecule has 0 radical (unpaired) electrons. The van der Waals surface area contributed by atoms with Crippen LogP contribution in [0.4, 0.5) is 10.1 Å². The summed E-state index contributed by atoms with van der Waals surface area (Å²) < 4.78 is 27.4. The van der Waals surface area contributed by atoms with Gasteiger partial charge in [-0.3, -0.25) is 9.69 Å². The number of halogens is 1. The summed E-state index contributed by atoms with van der Waals surface area (Å²) in [5.74, 6) is -1.13. The summed E-state index contributed by atoms with van der Waals surface area (Å²) in [6, 6.07) is 2.99. The molecular formula is C22H28FN3O5S. The van der Waals surface area contributed by atoms with Crippen molar-refractivity contribution >= 4 is 34.3 Å². The van der Waals surface area contributed by atoms with Crippen LogP contribution in [0.1, 0.15) is 29.6 Å². The lowest BCUT2D eigenvalue weighted by Gasteiger charge is -2.37. The van der Waals surface area contributed by atoms with E-state index in [1.54, 1.807) is 13.0 Å². The van der Waals surface area contributed by atoms with E-state index in [-0.39, 0.29) is 29.5 Å². The van der Waals surface area contributed by atoms with Gasteiger partial charge in [0.1, 0.15) is 11.4 Å². The van der Waals surface area contributed by atoms with Gasteiger partial charge in [0.05, 0.1) is 48.0 Å². The summed E-state index contributed by atoms with van der Waals surface area (Å²) in [7, 11) is 0. The predicted octanol–water partition coefficient (Wildman–Crippen LogP) is 2.07. The van der Waals surface area contributed by atoms with E-state index in [4.69, 9.17) is 14.6 Å². The van der Waals surface area contributed by atoms with Crippen molar-refractivity contribution < 1.29 is 23.8 Å². The van der Waals surface area contributed by atoms with E-state index in [9.17, 15) is 9.59 Å². The largest absolute Gasteiger partial charge is 0.462 e. The summed E-state index contributed by atoms with van der Waals surface area (Å²) in [4.78, 5) is 29.7. The molecule has 1 fully saturated rings. The highest BCUT2D eigenvalue weighted by Gasteiger charge is 2.34. The number of aliphatic hydroxyl groups is 1. The van der Waals surface area contributed by atoms with E-state index >= 15 is 4.39 Å². The van der Waals surface area contributed by atoms with Gasteiger partial charge in [0, 0.05) is 38.1 Å². The van der Waals surface area contributed by atoms with Crippen LogP contribution >= 0.6 is 11.8 Å². The van der Waals surface area contributed by atoms with Crippen LogP contribution in [0.2, 0.25) is 0 Å². The van der Waals surface area contributed by atoms with E-state index < -0.39 is 17.2 Å². The molecule has 1 aromatic heterocycles. The molecule has 10 heteroatoms. The monoisotopic (exact) mass is 465 g/mol. The number of aliphatic hydroxyl groups excluding tert-OH is 1. The zero-order valence-electron chi connectivity index (χ0n) is 18.3. The number of esters is 1. The van der Waals surface area contributed by atoms with E-state index in [1.807, 2.05) is 16.4 Å². The number of ether oxygens (including phenoxy) is 2. The molecule has 0 saturated carbocycles. The van der Waals surface area contributed by atoms with Gasteiger partial charge in [-0.1, -0.05) is 11.8 Å². The van der Waals surface area contributed by atoms with Crippen molar-refractivity contribution in [2.45, 2.75) is 24.2 Å². The first-order chi connectivity index (χ1) is 15.5. The van der Waals surface area contributed by atoms with Gasteiger partial charge in [0.2, 0.25) is 5.43 Å². The molecule has 0 bridgehead atoms. The first-order valence-corrected chi connectivity index (χ1v) is 11.8. The molecule has 1 unspecified atom stereocenters. The quantitative estimate of drug-likeness (QED) is 0.469. The van der Waals surface area contributed by atoms with E-state index in [2.05, 4.69) is 4.90 Å². The Labute approximate surface area is 189 Å². The zero-order valence-corrected chi connectivity index (χ0v) is 19.1. The van der Waals surface area contributed by atoms with Gasteiger partial charge in [-0.25, -0.2) is 9.18 Å². The van der Waals surface area contributed by atoms with Crippen molar-refractivity contribution in [2.75, 3.05) is 64.1 Å². The highest BCUT2D eigenvalue weighted by molar-refractivity contribution is 8.00. The topological polar surface area (TPSA) is 84.2 Å². The highest BCUT2D eigenvalue weighted by atomic mass is 32.2. The number of carbonyl (C=O) groups excluding carboxylic acids is 1. The van der Waals surface area contributed by atoms with Gasteiger partial charge >= 0.3 is 5.97 Å². The number of rotatable bonds is 8. The molecule has 1 N–H and O–H groups in total. The first kappa shape index (κ1) is 23.0. The van der Waals surface area contributed by atoms with Crippen molar-refractivity contribution in [3.63, 3.8) is 0 Å². The van der Waals surface area contributed by atoms with Crippen LogP contribution in [0, 0.1) is 5.82 Å². The minimum absolute atomic E-state index is 0.00775. The van der Waals surface area contributed by atoms with E-state index in [0.29, 0.717) is 42.5 Å². The molecule has 1 atom stereocenters. The Bertz CT molecular complexity index is 1070. The van der Waals surface area contributed by atoms with Crippen LogP contribution in [0.15, 0.2) is 22.0 Å². The minimum atomic E-state index is -0.661. The Morgan fingerprint density at radius 3 is 2.66 bits per heavy atom. The van der Waals surface area contributed by atoms with Crippen molar-refractivity contribution in [3.8, 4) is 0 Å². The van der Waals surface area contributed by atoms with Gasteiger partial charge < -0.3 is 24.0 Å². The Morgan fingerprint density at radius 1 is 1.25 bits per heavy atom. The fourth-order valence-corrected chi connectivity index (χ4v) is 5.38. The average molecular weight is 466 g/mol. The SMILES string of the molecule is CCOC(=O)c1c2n(c3cc(N4CCN(CCOCCO)CC4)c(F)cc3c1=O)C(C)S2. The Balaban J connectivity index is 1.60. The van der Waals surface area contributed by atoms with Crippen molar-refractivity contribution in [2.24, 2.45) is 0 Å². The molecule has 1 aromatic carbocycles. The van der Waals surface area contributed by atoms with Crippen molar-refractivity contribution in [1.29, 1.82) is 0 Å². The third-order valence-corrected chi connectivity index (χ3v) is 7.03. The Morgan fingerprint density at radius 2 is 2.00 bits per heavy atom. The molecule has 3 heterocycles. The molecule has 1 saturated heterocycles. The third-order valence-electron chi connectivity index (χ3n) is 5.85. The number of piperazine rings is 1. The summed E-state index contributed by atoms with van der Waals surface area (Å²) >= 11 is 1.44. The molecule has 2 aliphatic rings. The smallest absolute Gasteiger partial charge is 0.344 e. The van der Waals surface area contributed by atoms with Gasteiger partial charge in [0.15, 0.2) is 0 Å². The Kier molecular flexibility index (Phi) is 7.04. The van der Waals surface area contributed by atoms with Gasteiger partial charge in [-0.15, -0.1) is 0 Å². The second kappa shape index (κ2) is 9.78. The number of carbonyl (C=O) groups is 1. The van der Waals surface area contributed by atoms with Crippen molar-refractivity contribution in [3.05, 3.63) is 33.7 Å². The van der Waals surface area contributed by atoms with Gasteiger partial charge in [-0.2, -0.15) is 0 Å². The maximum atomic E-state index is 15.1. The molecule has 0 spiro atoms.